The lowest BCUT2D eigenvalue weighted by Crippen LogP contribution is -2.45. The summed E-state index contributed by atoms with van der Waals surface area (Å²) < 4.78 is 0. The highest BCUT2D eigenvalue weighted by Gasteiger charge is 2.18. The summed E-state index contributed by atoms with van der Waals surface area (Å²) in [7, 11) is 0. The first-order chi connectivity index (χ1) is 6.49. The minimum atomic E-state index is -0.436. The first-order valence-corrected chi connectivity index (χ1v) is 5.20. The van der Waals surface area contributed by atoms with Crippen molar-refractivity contribution in [3.8, 4) is 0 Å². The van der Waals surface area contributed by atoms with Crippen molar-refractivity contribution in [2.75, 3.05) is 6.54 Å². The van der Waals surface area contributed by atoms with E-state index in [0.29, 0.717) is 13.0 Å². The molecular weight excluding hydrogens is 180 g/mol. The van der Waals surface area contributed by atoms with E-state index in [0.717, 1.165) is 6.42 Å². The number of aliphatic hydroxyl groups excluding tert-OH is 1. The zero-order valence-corrected chi connectivity index (χ0v) is 9.29. The van der Waals surface area contributed by atoms with E-state index in [1.54, 1.807) is 6.92 Å². The molecule has 4 N–H and O–H groups in total. The van der Waals surface area contributed by atoms with Crippen molar-refractivity contribution in [3.05, 3.63) is 0 Å². The molecule has 0 saturated heterocycles. The molecule has 2 unspecified atom stereocenters. The van der Waals surface area contributed by atoms with Gasteiger partial charge in [0, 0.05) is 6.54 Å². The maximum absolute atomic E-state index is 11.4. The Balaban J connectivity index is 3.73. The lowest BCUT2D eigenvalue weighted by molar-refractivity contribution is -0.123. The van der Waals surface area contributed by atoms with Crippen LogP contribution in [0.4, 0.5) is 0 Å². The van der Waals surface area contributed by atoms with E-state index in [1.165, 1.54) is 0 Å². The standard InChI is InChI=1S/C10H22N2O2/c1-4-7(2)9(11)10(14)12-6-5-8(3)13/h7-9,13H,4-6,11H2,1-3H3,(H,12,14)/t7?,8?,9-/m0/s1. The maximum atomic E-state index is 11.4. The molecule has 0 rings (SSSR count). The van der Waals surface area contributed by atoms with Crippen molar-refractivity contribution >= 4 is 5.91 Å². The molecule has 0 aliphatic heterocycles. The Bertz CT molecular complexity index is 172. The van der Waals surface area contributed by atoms with Gasteiger partial charge in [-0.1, -0.05) is 20.3 Å². The van der Waals surface area contributed by atoms with Crippen molar-refractivity contribution in [3.63, 3.8) is 0 Å². The molecule has 0 fully saturated rings. The fourth-order valence-corrected chi connectivity index (χ4v) is 1.03. The van der Waals surface area contributed by atoms with Gasteiger partial charge in [-0.15, -0.1) is 0 Å². The van der Waals surface area contributed by atoms with E-state index in [-0.39, 0.29) is 17.9 Å². The molecule has 84 valence electrons. The molecular formula is C10H22N2O2. The van der Waals surface area contributed by atoms with Crippen LogP contribution >= 0.6 is 0 Å². The first kappa shape index (κ1) is 13.4. The number of hydrogen-bond donors (Lipinski definition) is 3. The van der Waals surface area contributed by atoms with E-state index in [1.807, 2.05) is 13.8 Å². The third-order valence-corrected chi connectivity index (χ3v) is 2.42. The summed E-state index contributed by atoms with van der Waals surface area (Å²) >= 11 is 0. The van der Waals surface area contributed by atoms with Gasteiger partial charge in [0.15, 0.2) is 0 Å². The highest BCUT2D eigenvalue weighted by molar-refractivity contribution is 5.81. The van der Waals surface area contributed by atoms with Crippen LogP contribution in [0.1, 0.15) is 33.6 Å². The predicted molar refractivity (Wildman–Crippen MR) is 56.7 cm³/mol. The van der Waals surface area contributed by atoms with Gasteiger partial charge in [0.1, 0.15) is 0 Å². The Kier molecular flexibility index (Phi) is 6.49. The molecule has 0 aliphatic carbocycles. The van der Waals surface area contributed by atoms with Crippen LogP contribution in [-0.4, -0.2) is 29.7 Å². The van der Waals surface area contributed by atoms with Crippen molar-refractivity contribution in [1.29, 1.82) is 0 Å². The molecule has 0 saturated carbocycles. The summed E-state index contributed by atoms with van der Waals surface area (Å²) in [6, 6.07) is -0.436. The summed E-state index contributed by atoms with van der Waals surface area (Å²) in [6.07, 6.45) is 1.08. The van der Waals surface area contributed by atoms with Crippen molar-refractivity contribution in [1.82, 2.24) is 5.32 Å². The minimum Gasteiger partial charge on any atom is -0.393 e. The average Bonchev–Trinajstić information content (AvgIpc) is 2.14. The van der Waals surface area contributed by atoms with Crippen molar-refractivity contribution < 1.29 is 9.90 Å². The number of nitrogens with two attached hydrogens (primary N) is 1. The second-order valence-corrected chi connectivity index (χ2v) is 3.84. The third-order valence-electron chi connectivity index (χ3n) is 2.42. The van der Waals surface area contributed by atoms with Gasteiger partial charge in [0.2, 0.25) is 5.91 Å². The van der Waals surface area contributed by atoms with E-state index in [9.17, 15) is 4.79 Å². The SMILES string of the molecule is CCC(C)[C@H](N)C(=O)NCCC(C)O. The van der Waals surface area contributed by atoms with Gasteiger partial charge in [-0.25, -0.2) is 0 Å². The van der Waals surface area contributed by atoms with Gasteiger partial charge in [0.25, 0.3) is 0 Å². The van der Waals surface area contributed by atoms with E-state index >= 15 is 0 Å². The van der Waals surface area contributed by atoms with Crippen molar-refractivity contribution in [2.24, 2.45) is 11.7 Å². The molecule has 0 aromatic heterocycles. The third kappa shape index (κ3) is 5.19. The molecule has 0 heterocycles. The van der Waals surface area contributed by atoms with E-state index in [4.69, 9.17) is 10.8 Å². The monoisotopic (exact) mass is 202 g/mol. The Hall–Kier alpha value is -0.610. The number of aliphatic hydroxyl groups is 1. The molecule has 0 aromatic carbocycles. The van der Waals surface area contributed by atoms with Gasteiger partial charge in [0.05, 0.1) is 12.1 Å². The highest BCUT2D eigenvalue weighted by atomic mass is 16.3. The predicted octanol–water partition coefficient (Wildman–Crippen LogP) is 0.247. The smallest absolute Gasteiger partial charge is 0.237 e. The molecule has 4 nitrogen and oxygen atoms in total. The second kappa shape index (κ2) is 6.79. The fourth-order valence-electron chi connectivity index (χ4n) is 1.03. The number of nitrogens with one attached hydrogen (secondary N) is 1. The van der Waals surface area contributed by atoms with E-state index < -0.39 is 6.04 Å². The number of carbonyl (C=O) groups excluding carboxylic acids is 1. The quantitative estimate of drug-likeness (QED) is 0.578. The van der Waals surface area contributed by atoms with Gasteiger partial charge >= 0.3 is 0 Å². The summed E-state index contributed by atoms with van der Waals surface area (Å²) in [5, 5.41) is 11.7. The maximum Gasteiger partial charge on any atom is 0.237 e. The molecule has 0 radical (unpaired) electrons. The van der Waals surface area contributed by atoms with Crippen LogP contribution in [0.15, 0.2) is 0 Å². The zero-order chi connectivity index (χ0) is 11.1. The lowest BCUT2D eigenvalue weighted by atomic mass is 9.99. The number of rotatable bonds is 6. The summed E-state index contributed by atoms with van der Waals surface area (Å²) in [4.78, 5) is 11.4. The topological polar surface area (TPSA) is 75.4 Å². The van der Waals surface area contributed by atoms with Crippen LogP contribution < -0.4 is 11.1 Å². The van der Waals surface area contributed by atoms with Crippen LogP contribution in [0.3, 0.4) is 0 Å². The van der Waals surface area contributed by atoms with Crippen LogP contribution in [0.5, 0.6) is 0 Å². The average molecular weight is 202 g/mol. The molecule has 14 heavy (non-hydrogen) atoms. The van der Waals surface area contributed by atoms with Crippen LogP contribution in [-0.2, 0) is 4.79 Å². The Morgan fingerprint density at radius 3 is 2.50 bits per heavy atom. The van der Waals surface area contributed by atoms with Crippen LogP contribution in [0.25, 0.3) is 0 Å². The molecule has 3 atom stereocenters. The first-order valence-electron chi connectivity index (χ1n) is 5.20. The molecule has 4 heteroatoms. The number of hydrogen-bond acceptors (Lipinski definition) is 3. The highest BCUT2D eigenvalue weighted by Crippen LogP contribution is 2.04. The lowest BCUT2D eigenvalue weighted by Gasteiger charge is -2.17. The molecule has 0 spiro atoms. The Morgan fingerprint density at radius 1 is 1.50 bits per heavy atom. The molecule has 1 amide bonds. The van der Waals surface area contributed by atoms with E-state index in [2.05, 4.69) is 5.32 Å². The Labute approximate surface area is 85.9 Å². The van der Waals surface area contributed by atoms with Crippen molar-refractivity contribution in [2.45, 2.75) is 45.8 Å². The van der Waals surface area contributed by atoms with Crippen LogP contribution in [0, 0.1) is 5.92 Å². The number of carbonyl (C=O) groups is 1. The minimum absolute atomic E-state index is 0.125. The van der Waals surface area contributed by atoms with Gasteiger partial charge in [-0.05, 0) is 19.3 Å². The van der Waals surface area contributed by atoms with Gasteiger partial charge in [-0.2, -0.15) is 0 Å². The summed E-state index contributed by atoms with van der Waals surface area (Å²) in [5.41, 5.74) is 5.71. The van der Waals surface area contributed by atoms with Crippen LogP contribution in [0.2, 0.25) is 0 Å². The largest absolute Gasteiger partial charge is 0.393 e. The second-order valence-electron chi connectivity index (χ2n) is 3.84. The molecule has 0 bridgehead atoms. The normalized spacial score (nSPS) is 17.2. The molecule has 0 aliphatic rings. The van der Waals surface area contributed by atoms with Gasteiger partial charge in [-0.3, -0.25) is 4.79 Å². The zero-order valence-electron chi connectivity index (χ0n) is 9.29. The van der Waals surface area contributed by atoms with Gasteiger partial charge < -0.3 is 16.2 Å². The fraction of sp³-hybridized carbons (Fsp3) is 0.900. The summed E-state index contributed by atoms with van der Waals surface area (Å²) in [6.45, 7) is 6.15. The molecule has 0 aromatic rings. The number of amides is 1. The summed E-state index contributed by atoms with van der Waals surface area (Å²) in [5.74, 6) is 0.0709. The Morgan fingerprint density at radius 2 is 2.07 bits per heavy atom.